The zero-order chi connectivity index (χ0) is 15.5. The van der Waals surface area contributed by atoms with Crippen molar-refractivity contribution < 1.29 is 13.5 Å². The van der Waals surface area contributed by atoms with Crippen LogP contribution in [0, 0.1) is 0 Å². The Bertz CT molecular complexity index is 696. The zero-order valence-corrected chi connectivity index (χ0v) is 12.8. The van der Waals surface area contributed by atoms with Gasteiger partial charge in [0.15, 0.2) is 0 Å². The van der Waals surface area contributed by atoms with Gasteiger partial charge in [-0.3, -0.25) is 0 Å². The molecule has 0 saturated carbocycles. The van der Waals surface area contributed by atoms with Crippen molar-refractivity contribution in [2.75, 3.05) is 0 Å². The van der Waals surface area contributed by atoms with Crippen molar-refractivity contribution in [2.24, 2.45) is 0 Å². The summed E-state index contributed by atoms with van der Waals surface area (Å²) in [6.07, 6.45) is -0.702. The summed E-state index contributed by atoms with van der Waals surface area (Å²) >= 11 is 0. The summed E-state index contributed by atoms with van der Waals surface area (Å²) < 4.78 is 27.4. The number of sulfonamides is 1. The molecular formula is C16H19NO3S. The largest absolute Gasteiger partial charge is 0.389 e. The fourth-order valence-corrected chi connectivity index (χ4v) is 3.34. The maximum absolute atomic E-state index is 12.4. The fraction of sp³-hybridized carbons (Fsp3) is 0.250. The SMILES string of the molecule is CC(O)c1cccc(S(=O)(=O)NC(C)c2ccccc2)c1. The predicted molar refractivity (Wildman–Crippen MR) is 82.3 cm³/mol. The Morgan fingerprint density at radius 2 is 1.57 bits per heavy atom. The van der Waals surface area contributed by atoms with Gasteiger partial charge in [-0.05, 0) is 37.1 Å². The highest BCUT2D eigenvalue weighted by Crippen LogP contribution is 2.20. The lowest BCUT2D eigenvalue weighted by Crippen LogP contribution is -2.27. The van der Waals surface area contributed by atoms with Crippen molar-refractivity contribution in [1.29, 1.82) is 0 Å². The Labute approximate surface area is 125 Å². The molecule has 0 spiro atoms. The van der Waals surface area contributed by atoms with Gasteiger partial charge in [0.25, 0.3) is 0 Å². The first kappa shape index (κ1) is 15.7. The summed E-state index contributed by atoms with van der Waals surface area (Å²) in [5.41, 5.74) is 1.47. The molecule has 0 amide bonds. The van der Waals surface area contributed by atoms with E-state index in [-0.39, 0.29) is 10.9 Å². The molecule has 112 valence electrons. The summed E-state index contributed by atoms with van der Waals surface area (Å²) in [6.45, 7) is 3.40. The Balaban J connectivity index is 2.24. The number of hydrogen-bond acceptors (Lipinski definition) is 3. The smallest absolute Gasteiger partial charge is 0.241 e. The van der Waals surface area contributed by atoms with Crippen molar-refractivity contribution in [1.82, 2.24) is 4.72 Å². The van der Waals surface area contributed by atoms with Crippen LogP contribution < -0.4 is 4.72 Å². The second-order valence-corrected chi connectivity index (χ2v) is 6.72. The molecule has 2 atom stereocenters. The van der Waals surface area contributed by atoms with Gasteiger partial charge >= 0.3 is 0 Å². The van der Waals surface area contributed by atoms with E-state index < -0.39 is 16.1 Å². The Morgan fingerprint density at radius 3 is 2.19 bits per heavy atom. The van der Waals surface area contributed by atoms with Crippen LogP contribution in [0.3, 0.4) is 0 Å². The molecular weight excluding hydrogens is 286 g/mol. The predicted octanol–water partition coefficient (Wildman–Crippen LogP) is 2.78. The third-order valence-corrected chi connectivity index (χ3v) is 4.82. The Kier molecular flexibility index (Phi) is 4.77. The molecule has 2 aromatic rings. The minimum Gasteiger partial charge on any atom is -0.389 e. The number of nitrogens with one attached hydrogen (secondary N) is 1. The minimum absolute atomic E-state index is 0.156. The van der Waals surface area contributed by atoms with Gasteiger partial charge in [-0.2, -0.15) is 0 Å². The zero-order valence-electron chi connectivity index (χ0n) is 12.0. The van der Waals surface area contributed by atoms with E-state index in [4.69, 9.17) is 0 Å². The lowest BCUT2D eigenvalue weighted by Gasteiger charge is -2.15. The standard InChI is InChI=1S/C16H19NO3S/c1-12(14-7-4-3-5-8-14)17-21(19,20)16-10-6-9-15(11-16)13(2)18/h3-13,17-18H,1-2H3. The molecule has 0 heterocycles. The van der Waals surface area contributed by atoms with E-state index >= 15 is 0 Å². The van der Waals surface area contributed by atoms with Crippen LogP contribution in [0.4, 0.5) is 0 Å². The van der Waals surface area contributed by atoms with Crippen LogP contribution in [-0.2, 0) is 10.0 Å². The first-order chi connectivity index (χ1) is 9.90. The average Bonchev–Trinajstić information content (AvgIpc) is 2.48. The first-order valence-corrected chi connectivity index (χ1v) is 8.24. The lowest BCUT2D eigenvalue weighted by molar-refractivity contribution is 0.199. The van der Waals surface area contributed by atoms with E-state index in [1.807, 2.05) is 30.3 Å². The monoisotopic (exact) mass is 305 g/mol. The van der Waals surface area contributed by atoms with Gasteiger partial charge < -0.3 is 5.11 Å². The molecule has 0 fully saturated rings. The molecule has 4 nitrogen and oxygen atoms in total. The van der Waals surface area contributed by atoms with E-state index in [1.165, 1.54) is 12.1 Å². The molecule has 0 aliphatic carbocycles. The quantitative estimate of drug-likeness (QED) is 0.892. The molecule has 0 aromatic heterocycles. The molecule has 0 radical (unpaired) electrons. The highest BCUT2D eigenvalue weighted by Gasteiger charge is 2.19. The Hall–Kier alpha value is -1.69. The molecule has 21 heavy (non-hydrogen) atoms. The molecule has 2 aromatic carbocycles. The topological polar surface area (TPSA) is 66.4 Å². The Morgan fingerprint density at radius 1 is 0.952 bits per heavy atom. The second-order valence-electron chi connectivity index (χ2n) is 5.00. The van der Waals surface area contributed by atoms with E-state index in [0.717, 1.165) is 5.56 Å². The molecule has 0 bridgehead atoms. The van der Waals surface area contributed by atoms with Gasteiger partial charge in [-0.25, -0.2) is 13.1 Å². The molecule has 0 aliphatic rings. The van der Waals surface area contributed by atoms with E-state index in [2.05, 4.69) is 4.72 Å². The summed E-state index contributed by atoms with van der Waals surface area (Å²) in [5.74, 6) is 0. The number of aliphatic hydroxyl groups excluding tert-OH is 1. The van der Waals surface area contributed by atoms with Crippen LogP contribution in [-0.4, -0.2) is 13.5 Å². The van der Waals surface area contributed by atoms with E-state index in [0.29, 0.717) is 5.56 Å². The van der Waals surface area contributed by atoms with Crippen LogP contribution in [0.5, 0.6) is 0 Å². The number of hydrogen-bond donors (Lipinski definition) is 2. The van der Waals surface area contributed by atoms with Gasteiger partial charge in [-0.15, -0.1) is 0 Å². The molecule has 0 aliphatic heterocycles. The normalized spacial score (nSPS) is 14.6. The highest BCUT2D eigenvalue weighted by molar-refractivity contribution is 7.89. The third kappa shape index (κ3) is 3.91. The average molecular weight is 305 g/mol. The highest BCUT2D eigenvalue weighted by atomic mass is 32.2. The van der Waals surface area contributed by atoms with Crippen molar-refractivity contribution in [3.8, 4) is 0 Å². The maximum atomic E-state index is 12.4. The first-order valence-electron chi connectivity index (χ1n) is 6.75. The van der Waals surface area contributed by atoms with Crippen molar-refractivity contribution in [3.05, 3.63) is 65.7 Å². The van der Waals surface area contributed by atoms with E-state index in [1.54, 1.807) is 26.0 Å². The van der Waals surface area contributed by atoms with Crippen molar-refractivity contribution in [2.45, 2.75) is 30.9 Å². The van der Waals surface area contributed by atoms with Gasteiger partial charge in [0.05, 0.1) is 11.0 Å². The van der Waals surface area contributed by atoms with E-state index in [9.17, 15) is 13.5 Å². The van der Waals surface area contributed by atoms with Gasteiger partial charge in [0.1, 0.15) is 0 Å². The van der Waals surface area contributed by atoms with Crippen LogP contribution in [0.15, 0.2) is 59.5 Å². The number of rotatable bonds is 5. The number of aliphatic hydroxyl groups is 1. The summed E-state index contributed by atoms with van der Waals surface area (Å²) in [4.78, 5) is 0.156. The third-order valence-electron chi connectivity index (χ3n) is 3.28. The maximum Gasteiger partial charge on any atom is 0.241 e. The second kappa shape index (κ2) is 6.39. The lowest BCUT2D eigenvalue weighted by atomic mass is 10.1. The fourth-order valence-electron chi connectivity index (χ4n) is 2.05. The molecule has 2 unspecified atom stereocenters. The summed E-state index contributed by atoms with van der Waals surface area (Å²) in [5, 5.41) is 9.56. The number of benzene rings is 2. The minimum atomic E-state index is -3.62. The van der Waals surface area contributed by atoms with Crippen LogP contribution in [0.25, 0.3) is 0 Å². The van der Waals surface area contributed by atoms with Crippen LogP contribution >= 0.6 is 0 Å². The molecule has 5 heteroatoms. The molecule has 0 saturated heterocycles. The van der Waals surface area contributed by atoms with Gasteiger partial charge in [0.2, 0.25) is 10.0 Å². The molecule has 2 rings (SSSR count). The van der Waals surface area contributed by atoms with Gasteiger partial charge in [0, 0.05) is 6.04 Å². The summed E-state index contributed by atoms with van der Waals surface area (Å²) in [6, 6.07) is 15.4. The van der Waals surface area contributed by atoms with Crippen molar-refractivity contribution >= 4 is 10.0 Å². The van der Waals surface area contributed by atoms with Gasteiger partial charge in [-0.1, -0.05) is 42.5 Å². The van der Waals surface area contributed by atoms with Crippen LogP contribution in [0.1, 0.15) is 37.1 Å². The molecule has 2 N–H and O–H groups in total. The van der Waals surface area contributed by atoms with Crippen molar-refractivity contribution in [3.63, 3.8) is 0 Å². The van der Waals surface area contributed by atoms with Crippen LogP contribution in [0.2, 0.25) is 0 Å². The summed E-state index contributed by atoms with van der Waals surface area (Å²) in [7, 11) is -3.62.